The van der Waals surface area contributed by atoms with Gasteiger partial charge in [0.25, 0.3) is 11.5 Å². The first-order chi connectivity index (χ1) is 15.6. The van der Waals surface area contributed by atoms with E-state index in [1.165, 1.54) is 24.1 Å². The number of carbonyl (C=O) groups is 1. The summed E-state index contributed by atoms with van der Waals surface area (Å²) < 4.78 is 6.34. The molecule has 4 rings (SSSR count). The second-order valence-electron chi connectivity index (χ2n) is 6.97. The standard InChI is InChI=1S/C24H20N4O4/c1-32-21-13-17(11-12-20(21)29)14-25-26-23(30)22-18-9-5-6-10-19(18)24(31)28(27-22)15-16-7-3-2-4-8-16/h2-14,29H,15H2,1H3,(H,26,30). The van der Waals surface area contributed by atoms with Crippen molar-refractivity contribution in [1.82, 2.24) is 15.2 Å². The molecule has 0 unspecified atom stereocenters. The summed E-state index contributed by atoms with van der Waals surface area (Å²) in [5.41, 5.74) is 3.78. The summed E-state index contributed by atoms with van der Waals surface area (Å²) in [6.07, 6.45) is 1.42. The molecule has 1 aromatic heterocycles. The van der Waals surface area contributed by atoms with E-state index in [0.717, 1.165) is 5.56 Å². The normalized spacial score (nSPS) is 11.0. The molecule has 0 aliphatic carbocycles. The summed E-state index contributed by atoms with van der Waals surface area (Å²) in [7, 11) is 1.44. The lowest BCUT2D eigenvalue weighted by Crippen LogP contribution is -2.29. The number of aromatic hydroxyl groups is 1. The molecule has 1 heterocycles. The van der Waals surface area contributed by atoms with Crippen molar-refractivity contribution in [2.75, 3.05) is 7.11 Å². The number of ether oxygens (including phenoxy) is 1. The number of fused-ring (bicyclic) bond motifs is 1. The predicted molar refractivity (Wildman–Crippen MR) is 121 cm³/mol. The highest BCUT2D eigenvalue weighted by atomic mass is 16.5. The maximum absolute atomic E-state index is 12.9. The molecule has 32 heavy (non-hydrogen) atoms. The Labute approximate surface area is 183 Å². The van der Waals surface area contributed by atoms with Crippen LogP contribution in [0.5, 0.6) is 11.5 Å². The Bertz CT molecular complexity index is 1360. The largest absolute Gasteiger partial charge is 0.504 e. The van der Waals surface area contributed by atoms with Crippen LogP contribution in [0.25, 0.3) is 10.8 Å². The Morgan fingerprint density at radius 1 is 1.09 bits per heavy atom. The first-order valence-corrected chi connectivity index (χ1v) is 9.81. The number of amides is 1. The molecule has 8 heteroatoms. The summed E-state index contributed by atoms with van der Waals surface area (Å²) in [6, 6.07) is 20.9. The Balaban J connectivity index is 1.64. The van der Waals surface area contributed by atoms with Crippen molar-refractivity contribution in [2.45, 2.75) is 6.54 Å². The van der Waals surface area contributed by atoms with Gasteiger partial charge in [-0.3, -0.25) is 9.59 Å². The maximum atomic E-state index is 12.9. The molecule has 3 aromatic carbocycles. The van der Waals surface area contributed by atoms with Crippen LogP contribution in [-0.2, 0) is 6.54 Å². The zero-order valence-electron chi connectivity index (χ0n) is 17.2. The Hall–Kier alpha value is -4.46. The van der Waals surface area contributed by atoms with Crippen LogP contribution in [0.15, 0.2) is 82.7 Å². The molecule has 0 saturated heterocycles. The number of aromatic nitrogens is 2. The smallest absolute Gasteiger partial charge is 0.292 e. The summed E-state index contributed by atoms with van der Waals surface area (Å²) in [4.78, 5) is 25.8. The molecule has 0 fully saturated rings. The molecule has 0 aliphatic rings. The second-order valence-corrected chi connectivity index (χ2v) is 6.97. The lowest BCUT2D eigenvalue weighted by Gasteiger charge is -2.10. The molecule has 0 atom stereocenters. The molecule has 1 amide bonds. The van der Waals surface area contributed by atoms with Crippen LogP contribution in [0, 0.1) is 0 Å². The number of nitrogens with one attached hydrogen (secondary N) is 1. The fraction of sp³-hybridized carbons (Fsp3) is 0.0833. The number of phenolic OH excluding ortho intramolecular Hbond substituents is 1. The van der Waals surface area contributed by atoms with Gasteiger partial charge in [0, 0.05) is 5.39 Å². The summed E-state index contributed by atoms with van der Waals surface area (Å²) in [5.74, 6) is -0.254. The highest BCUT2D eigenvalue weighted by Gasteiger charge is 2.16. The van der Waals surface area contributed by atoms with Gasteiger partial charge < -0.3 is 9.84 Å². The molecule has 8 nitrogen and oxygen atoms in total. The van der Waals surface area contributed by atoms with Gasteiger partial charge in [-0.2, -0.15) is 10.2 Å². The van der Waals surface area contributed by atoms with Crippen LogP contribution < -0.4 is 15.7 Å². The number of nitrogens with zero attached hydrogens (tertiary/aromatic N) is 3. The average Bonchev–Trinajstić information content (AvgIpc) is 2.82. The summed E-state index contributed by atoms with van der Waals surface area (Å²) in [6.45, 7) is 0.237. The number of hydrogen-bond acceptors (Lipinski definition) is 6. The maximum Gasteiger partial charge on any atom is 0.292 e. The number of benzene rings is 3. The van der Waals surface area contributed by atoms with Crippen molar-refractivity contribution < 1.29 is 14.6 Å². The van der Waals surface area contributed by atoms with Crippen LogP contribution >= 0.6 is 0 Å². The van der Waals surface area contributed by atoms with Gasteiger partial charge in [0.15, 0.2) is 17.2 Å². The Morgan fingerprint density at radius 2 is 1.81 bits per heavy atom. The third kappa shape index (κ3) is 4.34. The van der Waals surface area contributed by atoms with E-state index in [9.17, 15) is 14.7 Å². The molecule has 0 bridgehead atoms. The SMILES string of the molecule is COc1cc(C=NNC(=O)c2nn(Cc3ccccc3)c(=O)c3ccccc23)ccc1O. The van der Waals surface area contributed by atoms with Crippen molar-refractivity contribution in [1.29, 1.82) is 0 Å². The van der Waals surface area contributed by atoms with Crippen molar-refractivity contribution in [3.63, 3.8) is 0 Å². The number of methoxy groups -OCH3 is 1. The van der Waals surface area contributed by atoms with E-state index in [0.29, 0.717) is 22.1 Å². The van der Waals surface area contributed by atoms with Gasteiger partial charge in [-0.1, -0.05) is 48.5 Å². The highest BCUT2D eigenvalue weighted by Crippen LogP contribution is 2.25. The zero-order valence-corrected chi connectivity index (χ0v) is 17.2. The van der Waals surface area contributed by atoms with Gasteiger partial charge in [-0.05, 0) is 35.4 Å². The van der Waals surface area contributed by atoms with Crippen LogP contribution in [-0.4, -0.2) is 34.1 Å². The summed E-state index contributed by atoms with van der Waals surface area (Å²) in [5, 5.41) is 18.8. The molecular formula is C24H20N4O4. The van der Waals surface area contributed by atoms with Gasteiger partial charge in [0.05, 0.1) is 25.3 Å². The van der Waals surface area contributed by atoms with E-state index in [2.05, 4.69) is 15.6 Å². The van der Waals surface area contributed by atoms with Crippen LogP contribution in [0.1, 0.15) is 21.6 Å². The number of hydrogen-bond donors (Lipinski definition) is 2. The predicted octanol–water partition coefficient (Wildman–Crippen LogP) is 2.92. The minimum Gasteiger partial charge on any atom is -0.504 e. The first-order valence-electron chi connectivity index (χ1n) is 9.81. The average molecular weight is 428 g/mol. The fourth-order valence-corrected chi connectivity index (χ4v) is 3.26. The van der Waals surface area contributed by atoms with E-state index >= 15 is 0 Å². The minimum absolute atomic E-state index is 0.00466. The molecular weight excluding hydrogens is 408 g/mol. The van der Waals surface area contributed by atoms with Crippen molar-refractivity contribution >= 4 is 22.9 Å². The minimum atomic E-state index is -0.551. The van der Waals surface area contributed by atoms with Gasteiger partial charge in [0.1, 0.15) is 0 Å². The van der Waals surface area contributed by atoms with Crippen molar-refractivity contribution in [3.05, 3.63) is 100.0 Å². The lowest BCUT2D eigenvalue weighted by atomic mass is 10.1. The molecule has 0 spiro atoms. The van der Waals surface area contributed by atoms with E-state index in [1.54, 1.807) is 36.4 Å². The van der Waals surface area contributed by atoms with Crippen molar-refractivity contribution in [2.24, 2.45) is 5.10 Å². The Morgan fingerprint density at radius 3 is 2.56 bits per heavy atom. The monoisotopic (exact) mass is 428 g/mol. The van der Waals surface area contributed by atoms with Crippen LogP contribution in [0.3, 0.4) is 0 Å². The quantitative estimate of drug-likeness (QED) is 0.363. The number of carbonyl (C=O) groups excluding carboxylic acids is 1. The van der Waals surface area contributed by atoms with Gasteiger partial charge in [0.2, 0.25) is 0 Å². The number of rotatable bonds is 6. The van der Waals surface area contributed by atoms with Gasteiger partial charge >= 0.3 is 0 Å². The lowest BCUT2D eigenvalue weighted by molar-refractivity contribution is 0.0949. The molecule has 0 aliphatic heterocycles. The molecule has 160 valence electrons. The third-order valence-electron chi connectivity index (χ3n) is 4.84. The molecule has 0 radical (unpaired) electrons. The molecule has 0 saturated carbocycles. The van der Waals surface area contributed by atoms with E-state index < -0.39 is 5.91 Å². The van der Waals surface area contributed by atoms with E-state index in [4.69, 9.17) is 4.74 Å². The molecule has 2 N–H and O–H groups in total. The fourth-order valence-electron chi connectivity index (χ4n) is 3.26. The highest BCUT2D eigenvalue weighted by molar-refractivity contribution is 6.05. The summed E-state index contributed by atoms with van der Waals surface area (Å²) >= 11 is 0. The van der Waals surface area contributed by atoms with Crippen LogP contribution in [0.2, 0.25) is 0 Å². The Kier molecular flexibility index (Phi) is 5.94. The van der Waals surface area contributed by atoms with E-state index in [-0.39, 0.29) is 23.5 Å². The second kappa shape index (κ2) is 9.13. The number of hydrazone groups is 1. The van der Waals surface area contributed by atoms with Crippen molar-refractivity contribution in [3.8, 4) is 11.5 Å². The van der Waals surface area contributed by atoms with Gasteiger partial charge in [-0.15, -0.1) is 0 Å². The topological polar surface area (TPSA) is 106 Å². The van der Waals surface area contributed by atoms with Gasteiger partial charge in [-0.25, -0.2) is 10.1 Å². The first kappa shape index (κ1) is 20.8. The molecule has 4 aromatic rings. The number of phenols is 1. The third-order valence-corrected chi connectivity index (χ3v) is 4.84. The zero-order chi connectivity index (χ0) is 22.5. The van der Waals surface area contributed by atoms with E-state index in [1.807, 2.05) is 30.3 Å². The van der Waals surface area contributed by atoms with Crippen LogP contribution in [0.4, 0.5) is 0 Å².